The number of benzene rings is 1. The van der Waals surface area contributed by atoms with Gasteiger partial charge < -0.3 is 9.73 Å². The van der Waals surface area contributed by atoms with Crippen LogP contribution in [0.3, 0.4) is 0 Å². The van der Waals surface area contributed by atoms with Crippen LogP contribution in [0.4, 0.5) is 5.69 Å². The number of anilines is 1. The van der Waals surface area contributed by atoms with Crippen molar-refractivity contribution in [1.82, 2.24) is 4.57 Å². The summed E-state index contributed by atoms with van der Waals surface area (Å²) in [6.45, 7) is 2.56. The maximum absolute atomic E-state index is 12.0. The Morgan fingerprint density at radius 1 is 1.38 bits per heavy atom. The molecule has 21 heavy (non-hydrogen) atoms. The van der Waals surface area contributed by atoms with Gasteiger partial charge in [-0.15, -0.1) is 0 Å². The molecule has 5 nitrogen and oxygen atoms in total. The van der Waals surface area contributed by atoms with Gasteiger partial charge >= 0.3 is 4.87 Å². The van der Waals surface area contributed by atoms with Gasteiger partial charge in [0.05, 0.1) is 10.2 Å². The molecule has 1 amide bonds. The smallest absolute Gasteiger partial charge is 0.308 e. The van der Waals surface area contributed by atoms with Crippen LogP contribution >= 0.6 is 27.3 Å². The molecule has 2 aromatic heterocycles. The first kappa shape index (κ1) is 14.1. The number of nitrogens with one attached hydrogen (secondary N) is 1. The molecule has 0 aliphatic rings. The fourth-order valence-electron chi connectivity index (χ4n) is 2.07. The minimum atomic E-state index is -0.331. The maximum atomic E-state index is 12.0. The number of nitrogens with zero attached hydrogens (tertiary/aromatic N) is 1. The molecule has 2 heterocycles. The molecule has 0 spiro atoms. The van der Waals surface area contributed by atoms with Gasteiger partial charge in [-0.3, -0.25) is 14.2 Å². The normalized spacial score (nSPS) is 11.0. The number of aromatic nitrogens is 1. The third-order valence-electron chi connectivity index (χ3n) is 3.04. The highest BCUT2D eigenvalue weighted by atomic mass is 79.9. The van der Waals surface area contributed by atoms with E-state index in [2.05, 4.69) is 21.2 Å². The first-order chi connectivity index (χ1) is 10.1. The Morgan fingerprint density at radius 3 is 2.86 bits per heavy atom. The number of rotatable bonds is 3. The summed E-state index contributed by atoms with van der Waals surface area (Å²) >= 11 is 4.32. The fraction of sp³-hybridized carbons (Fsp3) is 0.143. The van der Waals surface area contributed by atoms with Crippen LogP contribution in [0.25, 0.3) is 10.2 Å². The zero-order chi connectivity index (χ0) is 15.0. The van der Waals surface area contributed by atoms with E-state index >= 15 is 0 Å². The highest BCUT2D eigenvalue weighted by Gasteiger charge is 2.12. The first-order valence-electron chi connectivity index (χ1n) is 6.28. The van der Waals surface area contributed by atoms with Gasteiger partial charge in [0, 0.05) is 12.2 Å². The Kier molecular flexibility index (Phi) is 3.69. The van der Waals surface area contributed by atoms with Gasteiger partial charge in [0.15, 0.2) is 10.4 Å². The third-order valence-corrected chi connectivity index (χ3v) is 4.41. The van der Waals surface area contributed by atoms with Crippen molar-refractivity contribution in [3.8, 4) is 0 Å². The summed E-state index contributed by atoms with van der Waals surface area (Å²) in [6.07, 6.45) is 0. The average Bonchev–Trinajstić information content (AvgIpc) is 3.01. The van der Waals surface area contributed by atoms with Crippen LogP contribution in [0.5, 0.6) is 0 Å². The zero-order valence-electron chi connectivity index (χ0n) is 11.1. The van der Waals surface area contributed by atoms with Crippen molar-refractivity contribution in [2.24, 2.45) is 0 Å². The Hall–Kier alpha value is -1.86. The highest BCUT2D eigenvalue weighted by Crippen LogP contribution is 2.23. The number of fused-ring (bicyclic) bond motifs is 1. The lowest BCUT2D eigenvalue weighted by Gasteiger charge is -2.04. The summed E-state index contributed by atoms with van der Waals surface area (Å²) in [7, 11) is 0. The van der Waals surface area contributed by atoms with Gasteiger partial charge in [0.2, 0.25) is 0 Å². The summed E-state index contributed by atoms with van der Waals surface area (Å²) in [4.78, 5) is 23.8. The van der Waals surface area contributed by atoms with Crippen LogP contribution in [0.2, 0.25) is 0 Å². The van der Waals surface area contributed by atoms with Crippen LogP contribution in [0, 0.1) is 0 Å². The van der Waals surface area contributed by atoms with Crippen LogP contribution < -0.4 is 10.2 Å². The van der Waals surface area contributed by atoms with Crippen molar-refractivity contribution < 1.29 is 9.21 Å². The Balaban J connectivity index is 1.91. The second-order valence-electron chi connectivity index (χ2n) is 4.35. The molecular weight excluding hydrogens is 356 g/mol. The van der Waals surface area contributed by atoms with Crippen molar-refractivity contribution in [3.63, 3.8) is 0 Å². The van der Waals surface area contributed by atoms with Gasteiger partial charge in [-0.05, 0) is 53.2 Å². The molecule has 108 valence electrons. The van der Waals surface area contributed by atoms with Crippen LogP contribution in [-0.2, 0) is 6.54 Å². The molecule has 7 heteroatoms. The molecule has 0 aliphatic heterocycles. The molecule has 1 N–H and O–H groups in total. The predicted octanol–water partition coefficient (Wildman–Crippen LogP) is 3.69. The van der Waals surface area contributed by atoms with E-state index in [9.17, 15) is 9.59 Å². The largest absolute Gasteiger partial charge is 0.444 e. The standard InChI is InChI=1S/C14H11BrN2O3S/c1-2-17-9-4-3-8(7-11(9)21-14(17)19)16-13(18)10-5-6-12(15)20-10/h3-7H,2H2,1H3,(H,16,18). The van der Waals surface area contributed by atoms with E-state index in [1.165, 1.54) is 11.3 Å². The van der Waals surface area contributed by atoms with Crippen molar-refractivity contribution in [2.45, 2.75) is 13.5 Å². The molecule has 0 aliphatic carbocycles. The summed E-state index contributed by atoms with van der Waals surface area (Å²) in [6, 6.07) is 8.65. The molecule has 1 aromatic carbocycles. The lowest BCUT2D eigenvalue weighted by Crippen LogP contribution is -2.11. The van der Waals surface area contributed by atoms with Gasteiger partial charge in [-0.25, -0.2) is 0 Å². The SMILES string of the molecule is CCn1c(=O)sc2cc(NC(=O)c3ccc(Br)o3)ccc21. The molecule has 0 saturated heterocycles. The molecule has 0 bridgehead atoms. The number of carbonyl (C=O) groups excluding carboxylic acids is 1. The Labute approximate surface area is 132 Å². The summed E-state index contributed by atoms with van der Waals surface area (Å²) in [5, 5.41) is 2.75. The van der Waals surface area contributed by atoms with Gasteiger partial charge in [0.1, 0.15) is 0 Å². The molecule has 0 unspecified atom stereocenters. The summed E-state index contributed by atoms with van der Waals surface area (Å²) < 4.78 is 8.25. The number of hydrogen-bond acceptors (Lipinski definition) is 4. The number of thiazole rings is 1. The summed E-state index contributed by atoms with van der Waals surface area (Å²) in [5.74, 6) is -0.108. The van der Waals surface area contributed by atoms with E-state index in [0.717, 1.165) is 10.2 Å². The number of carbonyl (C=O) groups is 1. The van der Waals surface area contributed by atoms with Crippen LogP contribution in [0.1, 0.15) is 17.5 Å². The molecule has 0 saturated carbocycles. The molecule has 3 rings (SSSR count). The van der Waals surface area contributed by atoms with E-state index in [-0.39, 0.29) is 16.5 Å². The second-order valence-corrected chi connectivity index (χ2v) is 6.13. The van der Waals surface area contributed by atoms with Crippen molar-refractivity contribution in [2.75, 3.05) is 5.32 Å². The maximum Gasteiger partial charge on any atom is 0.308 e. The quantitative estimate of drug-likeness (QED) is 0.768. The van der Waals surface area contributed by atoms with Crippen LogP contribution in [0.15, 0.2) is 44.2 Å². The number of furan rings is 1. The van der Waals surface area contributed by atoms with Gasteiger partial charge in [-0.1, -0.05) is 11.3 Å². The minimum Gasteiger partial charge on any atom is -0.444 e. The van der Waals surface area contributed by atoms with Gasteiger partial charge in [0.25, 0.3) is 5.91 Å². The number of aryl methyl sites for hydroxylation is 1. The van der Waals surface area contributed by atoms with E-state index in [4.69, 9.17) is 4.42 Å². The minimum absolute atomic E-state index is 0.00550. The van der Waals surface area contributed by atoms with Crippen molar-refractivity contribution in [3.05, 3.63) is 50.4 Å². The topological polar surface area (TPSA) is 64.2 Å². The molecule has 3 aromatic rings. The zero-order valence-corrected chi connectivity index (χ0v) is 13.5. The van der Waals surface area contributed by atoms with Crippen molar-refractivity contribution >= 4 is 49.1 Å². The summed E-state index contributed by atoms with van der Waals surface area (Å²) in [5.41, 5.74) is 1.51. The molecule has 0 atom stereocenters. The highest BCUT2D eigenvalue weighted by molar-refractivity contribution is 9.10. The molecule has 0 fully saturated rings. The first-order valence-corrected chi connectivity index (χ1v) is 7.89. The predicted molar refractivity (Wildman–Crippen MR) is 86.1 cm³/mol. The fourth-order valence-corrected chi connectivity index (χ4v) is 3.37. The van der Waals surface area contributed by atoms with Crippen LogP contribution in [-0.4, -0.2) is 10.5 Å². The molecule has 0 radical (unpaired) electrons. The number of hydrogen-bond donors (Lipinski definition) is 1. The molecular formula is C14H11BrN2O3S. The second kappa shape index (κ2) is 5.50. The van der Waals surface area contributed by atoms with Crippen molar-refractivity contribution in [1.29, 1.82) is 0 Å². The lowest BCUT2D eigenvalue weighted by atomic mass is 10.3. The Morgan fingerprint density at radius 2 is 2.19 bits per heavy atom. The number of halogens is 1. The number of amides is 1. The lowest BCUT2D eigenvalue weighted by molar-refractivity contribution is 0.0995. The van der Waals surface area contributed by atoms with E-state index in [0.29, 0.717) is 16.9 Å². The van der Waals surface area contributed by atoms with Gasteiger partial charge in [-0.2, -0.15) is 0 Å². The average molecular weight is 367 g/mol. The van der Waals surface area contributed by atoms with E-state index in [1.54, 1.807) is 28.8 Å². The monoisotopic (exact) mass is 366 g/mol. The van der Waals surface area contributed by atoms with E-state index < -0.39 is 0 Å². The third kappa shape index (κ3) is 2.66. The van der Waals surface area contributed by atoms with E-state index in [1.807, 2.05) is 13.0 Å². The Bertz CT molecular complexity index is 878.